The number of rotatable bonds is 8. The molecule has 1 atom stereocenters. The Bertz CT molecular complexity index is 956. The third-order valence-corrected chi connectivity index (χ3v) is 5.64. The molecule has 1 amide bonds. The number of ether oxygens (including phenoxy) is 1. The molecule has 0 spiro atoms. The minimum absolute atomic E-state index is 0.323. The molecule has 31 heavy (non-hydrogen) atoms. The van der Waals surface area contributed by atoms with Crippen LogP contribution in [0.5, 0.6) is 11.5 Å². The second kappa shape index (κ2) is 10.2. The molecule has 160 valence electrons. The molecule has 1 unspecified atom stereocenters. The number of benzene rings is 2. The first-order valence-electron chi connectivity index (χ1n) is 10.7. The Labute approximate surface area is 183 Å². The zero-order chi connectivity index (χ0) is 21.5. The molecule has 1 saturated heterocycles. The maximum Gasteiger partial charge on any atom is 0.239 e. The van der Waals surface area contributed by atoms with Crippen LogP contribution in [-0.4, -0.2) is 34.9 Å². The fraction of sp³-hybridized carbons (Fsp3) is 0.280. The Morgan fingerprint density at radius 1 is 1.00 bits per heavy atom. The summed E-state index contributed by atoms with van der Waals surface area (Å²) in [6, 6.07) is 23.2. The molecule has 3 N–H and O–H groups in total. The Morgan fingerprint density at radius 2 is 1.68 bits per heavy atom. The highest BCUT2D eigenvalue weighted by Gasteiger charge is 2.29. The quantitative estimate of drug-likeness (QED) is 0.586. The summed E-state index contributed by atoms with van der Waals surface area (Å²) in [4.78, 5) is 18.8. The van der Waals surface area contributed by atoms with Gasteiger partial charge in [-0.3, -0.25) is 14.7 Å². The van der Waals surface area contributed by atoms with Gasteiger partial charge in [0, 0.05) is 31.9 Å². The van der Waals surface area contributed by atoms with E-state index in [-0.39, 0.29) is 5.91 Å². The van der Waals surface area contributed by atoms with Gasteiger partial charge in [-0.25, -0.2) is 0 Å². The van der Waals surface area contributed by atoms with E-state index in [0.717, 1.165) is 55.2 Å². The van der Waals surface area contributed by atoms with Crippen LogP contribution in [0.15, 0.2) is 79.0 Å². The van der Waals surface area contributed by atoms with Crippen LogP contribution in [0.2, 0.25) is 0 Å². The number of aromatic nitrogens is 1. The predicted octanol–water partition coefficient (Wildman–Crippen LogP) is 3.65. The van der Waals surface area contributed by atoms with Gasteiger partial charge >= 0.3 is 0 Å². The monoisotopic (exact) mass is 416 g/mol. The number of nitrogens with two attached hydrogens (primary N) is 1. The Morgan fingerprint density at radius 3 is 2.32 bits per heavy atom. The molecule has 3 aromatic rings. The molecular formula is C25H28N4O2. The van der Waals surface area contributed by atoms with E-state index in [4.69, 9.17) is 10.5 Å². The molecule has 0 radical (unpaired) electrons. The second-order valence-corrected chi connectivity index (χ2v) is 7.80. The van der Waals surface area contributed by atoms with Crippen molar-refractivity contribution in [1.29, 1.82) is 0 Å². The van der Waals surface area contributed by atoms with E-state index < -0.39 is 6.04 Å². The van der Waals surface area contributed by atoms with E-state index in [1.54, 1.807) is 0 Å². The van der Waals surface area contributed by atoms with Crippen LogP contribution in [0.25, 0.3) is 0 Å². The van der Waals surface area contributed by atoms with E-state index in [2.05, 4.69) is 15.2 Å². The van der Waals surface area contributed by atoms with Crippen LogP contribution in [0.4, 0.5) is 0 Å². The number of likely N-dealkylation sites (tertiary alicyclic amines) is 1. The molecule has 6 nitrogen and oxygen atoms in total. The van der Waals surface area contributed by atoms with Crippen LogP contribution in [0.1, 0.15) is 30.1 Å². The van der Waals surface area contributed by atoms with Crippen LogP contribution < -0.4 is 15.8 Å². The highest BCUT2D eigenvalue weighted by molar-refractivity contribution is 5.81. The first kappa shape index (κ1) is 21.0. The molecule has 0 bridgehead atoms. The van der Waals surface area contributed by atoms with Crippen molar-refractivity contribution in [3.63, 3.8) is 0 Å². The summed E-state index contributed by atoms with van der Waals surface area (Å²) in [6.45, 7) is 2.39. The summed E-state index contributed by atoms with van der Waals surface area (Å²) in [5, 5.41) is 3.58. The minimum Gasteiger partial charge on any atom is -0.457 e. The lowest BCUT2D eigenvalue weighted by Gasteiger charge is -2.36. The summed E-state index contributed by atoms with van der Waals surface area (Å²) >= 11 is 0. The fourth-order valence-electron chi connectivity index (χ4n) is 4.01. The maximum absolute atomic E-state index is 12.3. The number of nitrogens with zero attached hydrogens (tertiary/aromatic N) is 2. The normalized spacial score (nSPS) is 16.0. The number of piperidine rings is 1. The van der Waals surface area contributed by atoms with Crippen molar-refractivity contribution in [2.45, 2.75) is 31.5 Å². The lowest BCUT2D eigenvalue weighted by Crippen LogP contribution is -2.46. The minimum atomic E-state index is -0.428. The third kappa shape index (κ3) is 5.69. The van der Waals surface area contributed by atoms with E-state index in [1.807, 2.05) is 79.0 Å². The van der Waals surface area contributed by atoms with E-state index in [0.29, 0.717) is 6.04 Å². The van der Waals surface area contributed by atoms with Crippen LogP contribution >= 0.6 is 0 Å². The molecule has 1 aromatic heterocycles. The van der Waals surface area contributed by atoms with Gasteiger partial charge in [0.05, 0.1) is 5.69 Å². The molecule has 1 aliphatic rings. The molecule has 2 heterocycles. The maximum atomic E-state index is 12.3. The number of pyridine rings is 1. The molecule has 4 rings (SSSR count). The SMILES string of the molecule is NC(=O)C(c1ccc(Oc2ccccc2)cc1)N1CCC(NCc2ccccn2)CC1. The average Bonchev–Trinajstić information content (AvgIpc) is 2.81. The number of carbonyl (C=O) groups is 1. The van der Waals surface area contributed by atoms with Crippen LogP contribution in [0, 0.1) is 0 Å². The molecular weight excluding hydrogens is 388 g/mol. The van der Waals surface area contributed by atoms with Crippen molar-refractivity contribution in [2.75, 3.05) is 13.1 Å². The van der Waals surface area contributed by atoms with Gasteiger partial charge in [0.25, 0.3) is 0 Å². The Balaban J connectivity index is 1.34. The average molecular weight is 417 g/mol. The smallest absolute Gasteiger partial charge is 0.239 e. The number of nitrogens with one attached hydrogen (secondary N) is 1. The number of para-hydroxylation sites is 1. The highest BCUT2D eigenvalue weighted by atomic mass is 16.5. The first-order chi connectivity index (χ1) is 15.2. The zero-order valence-electron chi connectivity index (χ0n) is 17.5. The molecule has 0 aliphatic carbocycles. The summed E-state index contributed by atoms with van der Waals surface area (Å²) in [6.07, 6.45) is 3.74. The fourth-order valence-corrected chi connectivity index (χ4v) is 4.01. The first-order valence-corrected chi connectivity index (χ1v) is 10.7. The second-order valence-electron chi connectivity index (χ2n) is 7.80. The highest BCUT2D eigenvalue weighted by Crippen LogP contribution is 2.28. The summed E-state index contributed by atoms with van der Waals surface area (Å²) < 4.78 is 5.85. The van der Waals surface area contributed by atoms with E-state index >= 15 is 0 Å². The van der Waals surface area contributed by atoms with Crippen molar-refractivity contribution >= 4 is 5.91 Å². The van der Waals surface area contributed by atoms with E-state index in [1.165, 1.54) is 0 Å². The Kier molecular flexibility index (Phi) is 6.92. The van der Waals surface area contributed by atoms with Crippen LogP contribution in [0.3, 0.4) is 0 Å². The van der Waals surface area contributed by atoms with Crippen molar-refractivity contribution in [2.24, 2.45) is 5.73 Å². The van der Waals surface area contributed by atoms with Crippen molar-refractivity contribution in [3.05, 3.63) is 90.3 Å². The van der Waals surface area contributed by atoms with Gasteiger partial charge < -0.3 is 15.8 Å². The van der Waals surface area contributed by atoms with Gasteiger partial charge in [-0.1, -0.05) is 36.4 Å². The summed E-state index contributed by atoms with van der Waals surface area (Å²) in [5.74, 6) is 1.19. The van der Waals surface area contributed by atoms with Crippen LogP contribution in [-0.2, 0) is 11.3 Å². The zero-order valence-corrected chi connectivity index (χ0v) is 17.5. The van der Waals surface area contributed by atoms with Gasteiger partial charge in [-0.05, 0) is 54.8 Å². The third-order valence-electron chi connectivity index (χ3n) is 5.64. The lowest BCUT2D eigenvalue weighted by molar-refractivity contribution is -0.124. The molecule has 6 heteroatoms. The predicted molar refractivity (Wildman–Crippen MR) is 121 cm³/mol. The molecule has 0 saturated carbocycles. The Hall–Kier alpha value is -3.22. The van der Waals surface area contributed by atoms with Gasteiger partial charge in [-0.2, -0.15) is 0 Å². The van der Waals surface area contributed by atoms with Gasteiger partial charge in [0.15, 0.2) is 0 Å². The molecule has 1 fully saturated rings. The topological polar surface area (TPSA) is 80.5 Å². The summed E-state index contributed by atoms with van der Waals surface area (Å²) in [5.41, 5.74) is 7.73. The number of amides is 1. The van der Waals surface area contributed by atoms with Crippen molar-refractivity contribution in [3.8, 4) is 11.5 Å². The van der Waals surface area contributed by atoms with Crippen molar-refractivity contribution in [1.82, 2.24) is 15.2 Å². The van der Waals surface area contributed by atoms with Gasteiger partial charge in [-0.15, -0.1) is 0 Å². The molecule has 2 aromatic carbocycles. The standard InChI is InChI=1S/C25H28N4O2/c26-25(30)24(19-9-11-23(12-10-19)31-22-7-2-1-3-8-22)29-16-13-20(14-17-29)28-18-21-6-4-5-15-27-21/h1-12,15,20,24,28H,13-14,16-18H2,(H2,26,30). The number of primary amides is 1. The number of carbonyl (C=O) groups excluding carboxylic acids is 1. The largest absolute Gasteiger partial charge is 0.457 e. The number of hydrogen-bond donors (Lipinski definition) is 2. The lowest BCUT2D eigenvalue weighted by atomic mass is 9.98. The molecule has 1 aliphatic heterocycles. The van der Waals surface area contributed by atoms with Gasteiger partial charge in [0.1, 0.15) is 17.5 Å². The number of hydrogen-bond acceptors (Lipinski definition) is 5. The summed E-state index contributed by atoms with van der Waals surface area (Å²) in [7, 11) is 0. The van der Waals surface area contributed by atoms with Gasteiger partial charge in [0.2, 0.25) is 5.91 Å². The van der Waals surface area contributed by atoms with E-state index in [9.17, 15) is 4.79 Å². The van der Waals surface area contributed by atoms with Crippen molar-refractivity contribution < 1.29 is 9.53 Å².